The number of anilines is 1. The molecule has 2 rings (SSSR count). The molecule has 0 radical (unpaired) electrons. The van der Waals surface area contributed by atoms with Crippen molar-refractivity contribution in [3.05, 3.63) is 29.2 Å². The van der Waals surface area contributed by atoms with Crippen molar-refractivity contribution in [1.82, 2.24) is 14.9 Å². The number of nitrogens with two attached hydrogens (primary N) is 1. The minimum absolute atomic E-state index is 0.614. The molecule has 0 aromatic carbocycles. The van der Waals surface area contributed by atoms with Crippen LogP contribution in [0.25, 0.3) is 0 Å². The van der Waals surface area contributed by atoms with Crippen molar-refractivity contribution < 1.29 is 0 Å². The predicted octanol–water partition coefficient (Wildman–Crippen LogP) is 1.91. The van der Waals surface area contributed by atoms with Crippen molar-refractivity contribution in [2.45, 2.75) is 33.2 Å². The average molecular weight is 232 g/mol. The van der Waals surface area contributed by atoms with Gasteiger partial charge in [0.05, 0.1) is 0 Å². The predicted molar refractivity (Wildman–Crippen MR) is 69.4 cm³/mol. The fourth-order valence-corrected chi connectivity index (χ4v) is 2.09. The molecule has 0 unspecified atom stereocenters. The van der Waals surface area contributed by atoms with Crippen molar-refractivity contribution in [1.29, 1.82) is 0 Å². The minimum atomic E-state index is 0.614. The smallest absolute Gasteiger partial charge is 0.131 e. The van der Waals surface area contributed by atoms with E-state index < -0.39 is 0 Å². The Morgan fingerprint density at radius 1 is 1.47 bits per heavy atom. The van der Waals surface area contributed by atoms with Crippen molar-refractivity contribution in [3.8, 4) is 0 Å². The summed E-state index contributed by atoms with van der Waals surface area (Å²) in [6.45, 7) is 7.04. The quantitative estimate of drug-likeness (QED) is 0.809. The number of aromatic nitrogens is 2. The van der Waals surface area contributed by atoms with Crippen LogP contribution >= 0.6 is 0 Å². The fourth-order valence-electron chi connectivity index (χ4n) is 2.09. The lowest BCUT2D eigenvalue weighted by atomic mass is 10.1. The molecule has 1 aromatic heterocycles. The molecule has 0 spiro atoms. The summed E-state index contributed by atoms with van der Waals surface area (Å²) in [6, 6.07) is 0. The van der Waals surface area contributed by atoms with Gasteiger partial charge in [-0.25, -0.2) is 9.97 Å². The lowest BCUT2D eigenvalue weighted by Gasteiger charge is -2.26. The zero-order valence-electron chi connectivity index (χ0n) is 10.6. The summed E-state index contributed by atoms with van der Waals surface area (Å²) in [5.41, 5.74) is 8.49. The van der Waals surface area contributed by atoms with Gasteiger partial charge < -0.3 is 5.73 Å². The molecule has 1 aliphatic heterocycles. The topological polar surface area (TPSA) is 55.0 Å². The Bertz CT molecular complexity index is 425. The molecule has 0 aliphatic carbocycles. The number of nitrogen functional groups attached to an aromatic ring is 1. The Labute approximate surface area is 103 Å². The maximum absolute atomic E-state index is 5.90. The van der Waals surface area contributed by atoms with Gasteiger partial charge in [-0.3, -0.25) is 4.90 Å². The van der Waals surface area contributed by atoms with Gasteiger partial charge in [0.2, 0.25) is 0 Å². The second-order valence-electron chi connectivity index (χ2n) is 4.53. The van der Waals surface area contributed by atoms with E-state index in [4.69, 9.17) is 5.73 Å². The SMILES string of the molecule is CCC1=CCN(Cc2cnc(C)nc2N)CC1. The normalized spacial score (nSPS) is 16.9. The zero-order chi connectivity index (χ0) is 12.3. The third-order valence-corrected chi connectivity index (χ3v) is 3.25. The number of hydrogen-bond donors (Lipinski definition) is 1. The molecule has 92 valence electrons. The van der Waals surface area contributed by atoms with Gasteiger partial charge in [-0.2, -0.15) is 0 Å². The zero-order valence-corrected chi connectivity index (χ0v) is 10.6. The molecule has 1 aliphatic rings. The largest absolute Gasteiger partial charge is 0.383 e. The Hall–Kier alpha value is -1.42. The van der Waals surface area contributed by atoms with Crippen LogP contribution in [0.4, 0.5) is 5.82 Å². The van der Waals surface area contributed by atoms with Crippen LogP contribution in [0.3, 0.4) is 0 Å². The summed E-state index contributed by atoms with van der Waals surface area (Å²) < 4.78 is 0. The number of rotatable bonds is 3. The summed E-state index contributed by atoms with van der Waals surface area (Å²) in [5, 5.41) is 0. The van der Waals surface area contributed by atoms with Gasteiger partial charge in [-0.15, -0.1) is 0 Å². The van der Waals surface area contributed by atoms with Crippen LogP contribution < -0.4 is 5.73 Å². The highest BCUT2D eigenvalue weighted by molar-refractivity contribution is 5.37. The first-order chi connectivity index (χ1) is 8.19. The van der Waals surface area contributed by atoms with Gasteiger partial charge in [0.25, 0.3) is 0 Å². The highest BCUT2D eigenvalue weighted by atomic mass is 15.1. The van der Waals surface area contributed by atoms with Gasteiger partial charge in [0.1, 0.15) is 11.6 Å². The first kappa shape index (κ1) is 12.0. The molecule has 0 saturated carbocycles. The molecular weight excluding hydrogens is 212 g/mol. The van der Waals surface area contributed by atoms with Gasteiger partial charge in [0.15, 0.2) is 0 Å². The maximum atomic E-state index is 5.90. The Balaban J connectivity index is 2.00. The maximum Gasteiger partial charge on any atom is 0.131 e. The second-order valence-corrected chi connectivity index (χ2v) is 4.53. The Kier molecular flexibility index (Phi) is 3.74. The second kappa shape index (κ2) is 5.27. The average Bonchev–Trinajstić information content (AvgIpc) is 2.34. The minimum Gasteiger partial charge on any atom is -0.383 e. The van der Waals surface area contributed by atoms with E-state index in [1.807, 2.05) is 13.1 Å². The Morgan fingerprint density at radius 3 is 2.88 bits per heavy atom. The first-order valence-electron chi connectivity index (χ1n) is 6.17. The van der Waals surface area contributed by atoms with Crippen molar-refractivity contribution >= 4 is 5.82 Å². The van der Waals surface area contributed by atoms with Crippen LogP contribution in [-0.2, 0) is 6.54 Å². The standard InChI is InChI=1S/C13H20N4/c1-3-11-4-6-17(7-5-11)9-12-8-15-10(2)16-13(12)14/h4,8H,3,5-7,9H2,1-2H3,(H2,14,15,16). The van der Waals surface area contributed by atoms with Crippen LogP contribution in [0.15, 0.2) is 17.8 Å². The van der Waals surface area contributed by atoms with E-state index in [9.17, 15) is 0 Å². The van der Waals surface area contributed by atoms with E-state index in [0.717, 1.165) is 31.0 Å². The van der Waals surface area contributed by atoms with Gasteiger partial charge in [-0.05, 0) is 19.8 Å². The van der Waals surface area contributed by atoms with E-state index in [1.165, 1.54) is 12.8 Å². The molecule has 1 aromatic rings. The van der Waals surface area contributed by atoms with E-state index in [0.29, 0.717) is 5.82 Å². The third-order valence-electron chi connectivity index (χ3n) is 3.25. The summed E-state index contributed by atoms with van der Waals surface area (Å²) in [6.07, 6.45) is 6.51. The highest BCUT2D eigenvalue weighted by Gasteiger charge is 2.12. The monoisotopic (exact) mass is 232 g/mol. The molecule has 4 heteroatoms. The molecule has 0 amide bonds. The van der Waals surface area contributed by atoms with Crippen molar-refractivity contribution in [2.75, 3.05) is 18.8 Å². The molecule has 2 heterocycles. The number of aryl methyl sites for hydroxylation is 1. The molecular formula is C13H20N4. The number of nitrogens with zero attached hydrogens (tertiary/aromatic N) is 3. The van der Waals surface area contributed by atoms with Crippen molar-refractivity contribution in [2.24, 2.45) is 0 Å². The molecule has 0 fully saturated rings. The fraction of sp³-hybridized carbons (Fsp3) is 0.538. The van der Waals surface area contributed by atoms with Gasteiger partial charge in [-0.1, -0.05) is 18.6 Å². The molecule has 4 nitrogen and oxygen atoms in total. The lowest BCUT2D eigenvalue weighted by Crippen LogP contribution is -2.28. The van der Waals surface area contributed by atoms with Crippen LogP contribution in [0.5, 0.6) is 0 Å². The molecule has 2 N–H and O–H groups in total. The van der Waals surface area contributed by atoms with Crippen molar-refractivity contribution in [3.63, 3.8) is 0 Å². The highest BCUT2D eigenvalue weighted by Crippen LogP contribution is 2.17. The molecule has 0 saturated heterocycles. The molecule has 0 atom stereocenters. The van der Waals surface area contributed by atoms with E-state index in [1.54, 1.807) is 5.57 Å². The summed E-state index contributed by atoms with van der Waals surface area (Å²) in [5.74, 6) is 1.35. The van der Waals surface area contributed by atoms with E-state index >= 15 is 0 Å². The summed E-state index contributed by atoms with van der Waals surface area (Å²) >= 11 is 0. The summed E-state index contributed by atoms with van der Waals surface area (Å²) in [4.78, 5) is 10.8. The van der Waals surface area contributed by atoms with Crippen LogP contribution in [0, 0.1) is 6.92 Å². The van der Waals surface area contributed by atoms with E-state index in [-0.39, 0.29) is 0 Å². The van der Waals surface area contributed by atoms with Gasteiger partial charge in [0, 0.05) is 31.4 Å². The Morgan fingerprint density at radius 2 is 2.29 bits per heavy atom. The first-order valence-corrected chi connectivity index (χ1v) is 6.17. The van der Waals surface area contributed by atoms with Crippen LogP contribution in [0.2, 0.25) is 0 Å². The van der Waals surface area contributed by atoms with E-state index in [2.05, 4.69) is 27.9 Å². The lowest BCUT2D eigenvalue weighted by molar-refractivity contribution is 0.284. The third kappa shape index (κ3) is 3.03. The molecule has 0 bridgehead atoms. The van der Waals surface area contributed by atoms with Crippen LogP contribution in [-0.4, -0.2) is 28.0 Å². The van der Waals surface area contributed by atoms with Gasteiger partial charge >= 0.3 is 0 Å². The van der Waals surface area contributed by atoms with Crippen LogP contribution in [0.1, 0.15) is 31.2 Å². The summed E-state index contributed by atoms with van der Waals surface area (Å²) in [7, 11) is 0. The number of hydrogen-bond acceptors (Lipinski definition) is 4. The molecule has 17 heavy (non-hydrogen) atoms.